The first kappa shape index (κ1) is 16.3. The smallest absolute Gasteiger partial charge is 0.349 e. The Morgan fingerprint density at radius 3 is 2.76 bits per heavy atom. The maximum atomic E-state index is 13.4. The molecule has 25 heavy (non-hydrogen) atoms. The van der Waals surface area contributed by atoms with E-state index in [0.717, 1.165) is 38.4 Å². The number of hydrogen-bond donors (Lipinski definition) is 1. The summed E-state index contributed by atoms with van der Waals surface area (Å²) < 4.78 is 40.1. The molecule has 0 bridgehead atoms. The number of rotatable bonds is 2. The third-order valence-corrected chi connectivity index (χ3v) is 5.02. The molecule has 8 heteroatoms. The Morgan fingerprint density at radius 2 is 2.08 bits per heavy atom. The van der Waals surface area contributed by atoms with Crippen LogP contribution in [0.1, 0.15) is 25.0 Å². The molecular weight excluding hydrogens is 331 g/mol. The summed E-state index contributed by atoms with van der Waals surface area (Å²) in [5.74, 6) is 0.410. The quantitative estimate of drug-likeness (QED) is 0.904. The van der Waals surface area contributed by atoms with Gasteiger partial charge in [-0.25, -0.2) is 9.97 Å². The first-order valence-corrected chi connectivity index (χ1v) is 8.33. The number of alkyl halides is 3. The number of pyridine rings is 1. The Labute approximate surface area is 143 Å². The Hall–Kier alpha value is -2.22. The number of nitrogens with zero attached hydrogens (tertiary/aromatic N) is 4. The van der Waals surface area contributed by atoms with E-state index in [4.69, 9.17) is 0 Å². The molecule has 132 valence electrons. The highest BCUT2D eigenvalue weighted by Gasteiger charge is 2.44. The number of aromatic nitrogens is 3. The van der Waals surface area contributed by atoms with E-state index < -0.39 is 11.9 Å². The van der Waals surface area contributed by atoms with Crippen molar-refractivity contribution in [1.82, 2.24) is 20.3 Å². The lowest BCUT2D eigenvalue weighted by atomic mass is 9.95. The van der Waals surface area contributed by atoms with Crippen molar-refractivity contribution in [2.75, 3.05) is 24.5 Å². The summed E-state index contributed by atoms with van der Waals surface area (Å²) >= 11 is 0. The highest BCUT2D eigenvalue weighted by Crippen LogP contribution is 2.39. The van der Waals surface area contributed by atoms with Crippen molar-refractivity contribution in [1.29, 1.82) is 0 Å². The van der Waals surface area contributed by atoms with E-state index in [1.165, 1.54) is 6.20 Å². The molecule has 2 saturated heterocycles. The standard InChI is InChI=1S/C17H18F3N5/c18-17(19,20)13-9-14(24-15(23-13)12-3-1-6-21-10-12)25-8-2-4-16(25)5-7-22-11-16/h1,3,6,9-10,22H,2,4-5,7-8,11H2. The van der Waals surface area contributed by atoms with Gasteiger partial charge in [-0.05, 0) is 37.9 Å². The zero-order valence-electron chi connectivity index (χ0n) is 13.6. The molecule has 2 aliphatic heterocycles. The third-order valence-electron chi connectivity index (χ3n) is 5.02. The van der Waals surface area contributed by atoms with Crippen molar-refractivity contribution in [2.45, 2.75) is 31.0 Å². The Kier molecular flexibility index (Phi) is 3.87. The van der Waals surface area contributed by atoms with Crippen molar-refractivity contribution in [3.05, 3.63) is 36.3 Å². The van der Waals surface area contributed by atoms with Crippen LogP contribution in [0.25, 0.3) is 11.4 Å². The maximum absolute atomic E-state index is 13.4. The minimum absolute atomic E-state index is 0.0610. The number of hydrogen-bond acceptors (Lipinski definition) is 5. The Morgan fingerprint density at radius 1 is 1.20 bits per heavy atom. The summed E-state index contributed by atoms with van der Waals surface area (Å²) in [4.78, 5) is 14.2. The zero-order chi connectivity index (χ0) is 17.5. The van der Waals surface area contributed by atoms with Crippen LogP contribution in [0.2, 0.25) is 0 Å². The summed E-state index contributed by atoms with van der Waals surface area (Å²) in [5, 5.41) is 3.33. The van der Waals surface area contributed by atoms with Crippen LogP contribution in [0.5, 0.6) is 0 Å². The Bertz CT molecular complexity index is 751. The van der Waals surface area contributed by atoms with Gasteiger partial charge < -0.3 is 10.2 Å². The second-order valence-electron chi connectivity index (χ2n) is 6.58. The van der Waals surface area contributed by atoms with Crippen LogP contribution >= 0.6 is 0 Å². The lowest BCUT2D eigenvalue weighted by Crippen LogP contribution is -2.46. The van der Waals surface area contributed by atoms with Crippen molar-refractivity contribution >= 4 is 5.82 Å². The molecule has 0 saturated carbocycles. The predicted molar refractivity (Wildman–Crippen MR) is 87.1 cm³/mol. The highest BCUT2D eigenvalue weighted by molar-refractivity contribution is 5.58. The molecule has 0 radical (unpaired) electrons. The number of nitrogens with one attached hydrogen (secondary N) is 1. The van der Waals surface area contributed by atoms with Crippen molar-refractivity contribution in [2.24, 2.45) is 0 Å². The van der Waals surface area contributed by atoms with Crippen LogP contribution in [0.15, 0.2) is 30.6 Å². The van der Waals surface area contributed by atoms with Gasteiger partial charge in [-0.2, -0.15) is 13.2 Å². The van der Waals surface area contributed by atoms with Gasteiger partial charge in [0.1, 0.15) is 5.82 Å². The fourth-order valence-electron chi connectivity index (χ4n) is 3.81. The normalized spacial score (nSPS) is 23.6. The van der Waals surface area contributed by atoms with Gasteiger partial charge in [0.2, 0.25) is 0 Å². The van der Waals surface area contributed by atoms with E-state index in [2.05, 4.69) is 20.3 Å². The fourth-order valence-corrected chi connectivity index (χ4v) is 3.81. The van der Waals surface area contributed by atoms with Gasteiger partial charge >= 0.3 is 6.18 Å². The van der Waals surface area contributed by atoms with Crippen LogP contribution in [0.4, 0.5) is 19.0 Å². The maximum Gasteiger partial charge on any atom is 0.433 e. The van der Waals surface area contributed by atoms with E-state index in [1.807, 2.05) is 4.90 Å². The van der Waals surface area contributed by atoms with E-state index >= 15 is 0 Å². The molecule has 0 aliphatic carbocycles. The molecule has 2 fully saturated rings. The summed E-state index contributed by atoms with van der Waals surface area (Å²) in [6, 6.07) is 4.41. The van der Waals surface area contributed by atoms with Crippen molar-refractivity contribution in [3.8, 4) is 11.4 Å². The Balaban J connectivity index is 1.82. The van der Waals surface area contributed by atoms with Gasteiger partial charge in [0.05, 0.1) is 5.54 Å². The van der Waals surface area contributed by atoms with Crippen LogP contribution < -0.4 is 10.2 Å². The lowest BCUT2D eigenvalue weighted by molar-refractivity contribution is -0.141. The largest absolute Gasteiger partial charge is 0.433 e. The molecule has 0 aromatic carbocycles. The first-order valence-electron chi connectivity index (χ1n) is 8.33. The predicted octanol–water partition coefficient (Wildman–Crippen LogP) is 2.89. The molecule has 1 spiro atoms. The van der Waals surface area contributed by atoms with Crippen molar-refractivity contribution in [3.63, 3.8) is 0 Å². The van der Waals surface area contributed by atoms with E-state index in [-0.39, 0.29) is 11.4 Å². The minimum atomic E-state index is -4.52. The minimum Gasteiger partial charge on any atom is -0.349 e. The molecule has 4 heterocycles. The molecule has 1 N–H and O–H groups in total. The van der Waals surface area contributed by atoms with Crippen molar-refractivity contribution < 1.29 is 13.2 Å². The SMILES string of the molecule is FC(F)(F)c1cc(N2CCCC23CCNC3)nc(-c2cccnc2)n1. The van der Waals surface area contributed by atoms with Gasteiger partial charge in [-0.1, -0.05) is 0 Å². The van der Waals surface area contributed by atoms with Gasteiger partial charge in [-0.3, -0.25) is 4.98 Å². The number of anilines is 1. The molecular formula is C17H18F3N5. The first-order chi connectivity index (χ1) is 12.0. The molecule has 2 aromatic rings. The molecule has 2 aromatic heterocycles. The van der Waals surface area contributed by atoms with Gasteiger partial charge in [0.15, 0.2) is 11.5 Å². The van der Waals surface area contributed by atoms with Gasteiger partial charge in [0.25, 0.3) is 0 Å². The summed E-state index contributed by atoms with van der Waals surface area (Å²) in [6.45, 7) is 2.37. The molecule has 0 amide bonds. The molecule has 1 unspecified atom stereocenters. The van der Waals surface area contributed by atoms with Crippen LogP contribution in [-0.2, 0) is 6.18 Å². The van der Waals surface area contributed by atoms with Crippen LogP contribution in [0.3, 0.4) is 0 Å². The second-order valence-corrected chi connectivity index (χ2v) is 6.58. The molecule has 1 atom stereocenters. The number of halogens is 3. The average Bonchev–Trinajstić information content (AvgIpc) is 3.25. The molecule has 4 rings (SSSR count). The van der Waals surface area contributed by atoms with E-state index in [0.29, 0.717) is 17.9 Å². The zero-order valence-corrected chi connectivity index (χ0v) is 13.6. The van der Waals surface area contributed by atoms with E-state index in [9.17, 15) is 13.2 Å². The highest BCUT2D eigenvalue weighted by atomic mass is 19.4. The molecule has 2 aliphatic rings. The van der Waals surface area contributed by atoms with Crippen LogP contribution in [0, 0.1) is 0 Å². The summed E-state index contributed by atoms with van der Waals surface area (Å²) in [5.41, 5.74) is -0.569. The average molecular weight is 349 g/mol. The molecule has 5 nitrogen and oxygen atoms in total. The third kappa shape index (κ3) is 2.95. The fraction of sp³-hybridized carbons (Fsp3) is 0.471. The summed E-state index contributed by atoms with van der Waals surface area (Å²) in [6.07, 6.45) is 1.37. The van der Waals surface area contributed by atoms with E-state index in [1.54, 1.807) is 18.3 Å². The van der Waals surface area contributed by atoms with Gasteiger partial charge in [0, 0.05) is 37.1 Å². The topological polar surface area (TPSA) is 53.9 Å². The van der Waals surface area contributed by atoms with Gasteiger partial charge in [-0.15, -0.1) is 0 Å². The van der Waals surface area contributed by atoms with Crippen LogP contribution in [-0.4, -0.2) is 40.1 Å². The lowest BCUT2D eigenvalue weighted by Gasteiger charge is -2.35. The second kappa shape index (κ2) is 5.94. The summed E-state index contributed by atoms with van der Waals surface area (Å²) in [7, 11) is 0. The monoisotopic (exact) mass is 349 g/mol.